The summed E-state index contributed by atoms with van der Waals surface area (Å²) in [5.41, 5.74) is 2.26. The van der Waals surface area contributed by atoms with Crippen LogP contribution in [-0.2, 0) is 10.2 Å². The van der Waals surface area contributed by atoms with Crippen molar-refractivity contribution in [3.63, 3.8) is 0 Å². The first-order valence-corrected chi connectivity index (χ1v) is 6.19. The Kier molecular flexibility index (Phi) is 4.33. The molecule has 0 aliphatic carbocycles. The van der Waals surface area contributed by atoms with Crippen molar-refractivity contribution in [3.8, 4) is 0 Å². The van der Waals surface area contributed by atoms with Gasteiger partial charge in [0.25, 0.3) is 0 Å². The number of benzene rings is 1. The van der Waals surface area contributed by atoms with Crippen molar-refractivity contribution in [1.82, 2.24) is 0 Å². The van der Waals surface area contributed by atoms with E-state index in [-0.39, 0.29) is 11.3 Å². The molecule has 0 unspecified atom stereocenters. The second-order valence-corrected chi connectivity index (χ2v) is 5.55. The third-order valence-electron chi connectivity index (χ3n) is 3.05. The average Bonchev–Trinajstić information content (AvgIpc) is 2.24. The van der Waals surface area contributed by atoms with Crippen LogP contribution in [0.2, 0.25) is 0 Å². The SMILES string of the molecule is CCC[C@@H](C(=O)O)c1ccc(C(C)(C)C)cc1. The van der Waals surface area contributed by atoms with Crippen LogP contribution in [-0.4, -0.2) is 11.1 Å². The molecule has 2 nitrogen and oxygen atoms in total. The molecular weight excluding hydrogens is 212 g/mol. The molecule has 17 heavy (non-hydrogen) atoms. The summed E-state index contributed by atoms with van der Waals surface area (Å²) in [4.78, 5) is 11.2. The molecular formula is C15H22O2. The zero-order valence-corrected chi connectivity index (χ0v) is 11.2. The summed E-state index contributed by atoms with van der Waals surface area (Å²) in [6.45, 7) is 8.48. The van der Waals surface area contributed by atoms with E-state index in [1.165, 1.54) is 5.56 Å². The van der Waals surface area contributed by atoms with E-state index in [0.29, 0.717) is 6.42 Å². The fourth-order valence-corrected chi connectivity index (χ4v) is 1.94. The molecule has 0 aromatic heterocycles. The Hall–Kier alpha value is -1.31. The maximum Gasteiger partial charge on any atom is 0.310 e. The van der Waals surface area contributed by atoms with Crippen molar-refractivity contribution in [1.29, 1.82) is 0 Å². The summed E-state index contributed by atoms with van der Waals surface area (Å²) in [6.07, 6.45) is 1.59. The molecule has 0 saturated carbocycles. The van der Waals surface area contributed by atoms with Crippen molar-refractivity contribution in [2.24, 2.45) is 0 Å². The van der Waals surface area contributed by atoms with E-state index in [1.807, 2.05) is 31.2 Å². The van der Waals surface area contributed by atoms with Gasteiger partial charge in [-0.15, -0.1) is 0 Å². The molecule has 0 aliphatic heterocycles. The highest BCUT2D eigenvalue weighted by Crippen LogP contribution is 2.26. The monoisotopic (exact) mass is 234 g/mol. The fraction of sp³-hybridized carbons (Fsp3) is 0.533. The van der Waals surface area contributed by atoms with E-state index in [1.54, 1.807) is 0 Å². The lowest BCUT2D eigenvalue weighted by Gasteiger charge is -2.20. The van der Waals surface area contributed by atoms with Crippen LogP contribution in [0, 0.1) is 0 Å². The van der Waals surface area contributed by atoms with Gasteiger partial charge in [-0.1, -0.05) is 58.4 Å². The van der Waals surface area contributed by atoms with Gasteiger partial charge in [-0.05, 0) is 23.0 Å². The molecule has 0 amide bonds. The summed E-state index contributed by atoms with van der Waals surface area (Å²) >= 11 is 0. The zero-order valence-electron chi connectivity index (χ0n) is 11.2. The molecule has 0 heterocycles. The van der Waals surface area contributed by atoms with Crippen LogP contribution < -0.4 is 0 Å². The van der Waals surface area contributed by atoms with E-state index in [9.17, 15) is 9.90 Å². The lowest BCUT2D eigenvalue weighted by molar-refractivity contribution is -0.139. The van der Waals surface area contributed by atoms with Crippen LogP contribution >= 0.6 is 0 Å². The van der Waals surface area contributed by atoms with E-state index < -0.39 is 5.97 Å². The summed E-state index contributed by atoms with van der Waals surface area (Å²) in [7, 11) is 0. The first-order valence-electron chi connectivity index (χ1n) is 6.19. The summed E-state index contributed by atoms with van der Waals surface area (Å²) in [5, 5.41) is 9.19. The predicted octanol–water partition coefficient (Wildman–Crippen LogP) is 3.95. The Bertz CT molecular complexity index is 371. The van der Waals surface area contributed by atoms with E-state index in [0.717, 1.165) is 12.0 Å². The lowest BCUT2D eigenvalue weighted by atomic mass is 9.85. The van der Waals surface area contributed by atoms with Gasteiger partial charge in [0.1, 0.15) is 0 Å². The molecule has 0 fully saturated rings. The number of aliphatic carboxylic acids is 1. The highest BCUT2D eigenvalue weighted by atomic mass is 16.4. The fourth-order valence-electron chi connectivity index (χ4n) is 1.94. The van der Waals surface area contributed by atoms with Crippen molar-refractivity contribution in [2.75, 3.05) is 0 Å². The molecule has 0 aliphatic rings. The highest BCUT2D eigenvalue weighted by Gasteiger charge is 2.20. The van der Waals surface area contributed by atoms with E-state index in [4.69, 9.17) is 0 Å². The zero-order chi connectivity index (χ0) is 13.1. The molecule has 1 aromatic carbocycles. The smallest absolute Gasteiger partial charge is 0.310 e. The molecule has 0 radical (unpaired) electrons. The minimum atomic E-state index is -0.727. The number of rotatable bonds is 4. The number of carboxylic acids is 1. The second kappa shape index (κ2) is 5.35. The van der Waals surface area contributed by atoms with Crippen LogP contribution in [0.3, 0.4) is 0 Å². The topological polar surface area (TPSA) is 37.3 Å². The Labute approximate surface area is 104 Å². The highest BCUT2D eigenvalue weighted by molar-refractivity contribution is 5.76. The second-order valence-electron chi connectivity index (χ2n) is 5.55. The summed E-state index contributed by atoms with van der Waals surface area (Å²) < 4.78 is 0. The quantitative estimate of drug-likeness (QED) is 0.856. The molecule has 1 atom stereocenters. The number of hydrogen-bond donors (Lipinski definition) is 1. The van der Waals surface area contributed by atoms with Gasteiger partial charge in [0.2, 0.25) is 0 Å². The normalized spacial score (nSPS) is 13.4. The van der Waals surface area contributed by atoms with Gasteiger partial charge >= 0.3 is 5.97 Å². The molecule has 2 heteroatoms. The minimum absolute atomic E-state index is 0.113. The molecule has 0 spiro atoms. The van der Waals surface area contributed by atoms with E-state index in [2.05, 4.69) is 20.8 Å². The molecule has 1 N–H and O–H groups in total. The van der Waals surface area contributed by atoms with Crippen molar-refractivity contribution >= 4 is 5.97 Å². The van der Waals surface area contributed by atoms with Crippen molar-refractivity contribution in [3.05, 3.63) is 35.4 Å². The molecule has 0 bridgehead atoms. The lowest BCUT2D eigenvalue weighted by Crippen LogP contribution is -2.13. The maximum absolute atomic E-state index is 11.2. The molecule has 94 valence electrons. The first-order chi connectivity index (χ1) is 7.86. The Morgan fingerprint density at radius 1 is 1.24 bits per heavy atom. The van der Waals surface area contributed by atoms with Crippen molar-refractivity contribution in [2.45, 2.75) is 51.9 Å². The summed E-state index contributed by atoms with van der Waals surface area (Å²) in [6, 6.07) is 7.99. The number of carbonyl (C=O) groups is 1. The Morgan fingerprint density at radius 3 is 2.12 bits per heavy atom. The van der Waals surface area contributed by atoms with Gasteiger partial charge in [0.15, 0.2) is 0 Å². The Morgan fingerprint density at radius 2 is 1.76 bits per heavy atom. The van der Waals surface area contributed by atoms with Crippen LogP contribution in [0.15, 0.2) is 24.3 Å². The molecule has 0 saturated heterocycles. The maximum atomic E-state index is 11.2. The number of hydrogen-bond acceptors (Lipinski definition) is 1. The van der Waals surface area contributed by atoms with Crippen LogP contribution in [0.1, 0.15) is 57.6 Å². The van der Waals surface area contributed by atoms with Gasteiger partial charge < -0.3 is 5.11 Å². The third kappa shape index (κ3) is 3.58. The minimum Gasteiger partial charge on any atom is -0.481 e. The van der Waals surface area contributed by atoms with Gasteiger partial charge in [-0.25, -0.2) is 0 Å². The number of carboxylic acid groups (broad SMARTS) is 1. The van der Waals surface area contributed by atoms with E-state index >= 15 is 0 Å². The standard InChI is InChI=1S/C15H22O2/c1-5-6-13(14(16)17)11-7-9-12(10-8-11)15(2,3)4/h7-10,13H,5-6H2,1-4H3,(H,16,17)/t13-/m1/s1. The van der Waals surface area contributed by atoms with Crippen LogP contribution in [0.25, 0.3) is 0 Å². The van der Waals surface area contributed by atoms with Crippen LogP contribution in [0.5, 0.6) is 0 Å². The average molecular weight is 234 g/mol. The third-order valence-corrected chi connectivity index (χ3v) is 3.05. The molecule has 1 aromatic rings. The van der Waals surface area contributed by atoms with Gasteiger partial charge in [-0.2, -0.15) is 0 Å². The van der Waals surface area contributed by atoms with Gasteiger partial charge in [-0.3, -0.25) is 4.79 Å². The Balaban J connectivity index is 2.96. The predicted molar refractivity (Wildman–Crippen MR) is 70.4 cm³/mol. The van der Waals surface area contributed by atoms with Gasteiger partial charge in [0, 0.05) is 0 Å². The van der Waals surface area contributed by atoms with Gasteiger partial charge in [0.05, 0.1) is 5.92 Å². The molecule has 1 rings (SSSR count). The largest absolute Gasteiger partial charge is 0.481 e. The first kappa shape index (κ1) is 13.8. The van der Waals surface area contributed by atoms with Crippen LogP contribution in [0.4, 0.5) is 0 Å². The van der Waals surface area contributed by atoms with Crippen molar-refractivity contribution < 1.29 is 9.90 Å². The summed E-state index contributed by atoms with van der Waals surface area (Å²) in [5.74, 6) is -1.09.